The number of likely N-dealkylation sites (tertiary alicyclic amines) is 2. The molecule has 2 saturated heterocycles. The number of benzene rings is 1. The maximum Gasteiger partial charge on any atom is 0.236 e. The van der Waals surface area contributed by atoms with Crippen molar-refractivity contribution in [3.8, 4) is 0 Å². The van der Waals surface area contributed by atoms with Crippen molar-refractivity contribution in [1.82, 2.24) is 9.80 Å². The topological polar surface area (TPSA) is 49.6 Å². The van der Waals surface area contributed by atoms with Crippen LogP contribution in [-0.4, -0.2) is 54.5 Å². The van der Waals surface area contributed by atoms with Gasteiger partial charge in [0.05, 0.1) is 6.54 Å². The number of hydrogen-bond donors (Lipinski definition) is 1. The maximum absolute atomic E-state index is 11.8. The number of amides is 1. The lowest BCUT2D eigenvalue weighted by Gasteiger charge is -2.42. The van der Waals surface area contributed by atoms with Gasteiger partial charge in [-0.05, 0) is 56.7 Å². The molecule has 1 aromatic rings. The fraction of sp³-hybridized carbons (Fsp3) is 0.632. The summed E-state index contributed by atoms with van der Waals surface area (Å²) in [6.07, 6.45) is 6.08. The second-order valence-electron chi connectivity index (χ2n) is 7.01. The molecular formula is C19H29N3O. The van der Waals surface area contributed by atoms with Gasteiger partial charge >= 0.3 is 0 Å². The molecule has 0 radical (unpaired) electrons. The summed E-state index contributed by atoms with van der Waals surface area (Å²) in [6, 6.07) is 11.4. The number of nitrogens with zero attached hydrogens (tertiary/aromatic N) is 2. The molecule has 2 aliphatic heterocycles. The molecule has 0 spiro atoms. The molecule has 1 amide bonds. The zero-order chi connectivity index (χ0) is 16.1. The zero-order valence-corrected chi connectivity index (χ0v) is 14.0. The third-order valence-corrected chi connectivity index (χ3v) is 5.46. The summed E-state index contributed by atoms with van der Waals surface area (Å²) in [5, 5.41) is 0. The third-order valence-electron chi connectivity index (χ3n) is 5.46. The predicted octanol–water partition coefficient (Wildman–Crippen LogP) is 1.89. The summed E-state index contributed by atoms with van der Waals surface area (Å²) in [6.45, 7) is 4.25. The number of carbonyl (C=O) groups excluding carboxylic acids is 1. The van der Waals surface area contributed by atoms with Gasteiger partial charge in [0.15, 0.2) is 0 Å². The van der Waals surface area contributed by atoms with E-state index in [-0.39, 0.29) is 12.5 Å². The van der Waals surface area contributed by atoms with Gasteiger partial charge < -0.3 is 10.6 Å². The normalized spacial score (nSPS) is 23.9. The lowest BCUT2D eigenvalue weighted by molar-refractivity contribution is -0.132. The minimum Gasteiger partial charge on any atom is -0.340 e. The Morgan fingerprint density at radius 3 is 2.52 bits per heavy atom. The van der Waals surface area contributed by atoms with Crippen LogP contribution in [0, 0.1) is 5.92 Å². The average Bonchev–Trinajstić information content (AvgIpc) is 2.62. The predicted molar refractivity (Wildman–Crippen MR) is 93.1 cm³/mol. The Morgan fingerprint density at radius 1 is 1.09 bits per heavy atom. The molecule has 4 heteroatoms. The Morgan fingerprint density at radius 2 is 1.83 bits per heavy atom. The van der Waals surface area contributed by atoms with Crippen LogP contribution in [0.3, 0.4) is 0 Å². The van der Waals surface area contributed by atoms with Crippen molar-refractivity contribution < 1.29 is 4.79 Å². The highest BCUT2D eigenvalue weighted by Gasteiger charge is 2.30. The van der Waals surface area contributed by atoms with E-state index in [1.807, 2.05) is 4.90 Å². The van der Waals surface area contributed by atoms with E-state index in [4.69, 9.17) is 5.73 Å². The molecule has 2 fully saturated rings. The molecule has 126 valence electrons. The van der Waals surface area contributed by atoms with Gasteiger partial charge in [0, 0.05) is 19.1 Å². The van der Waals surface area contributed by atoms with E-state index >= 15 is 0 Å². The van der Waals surface area contributed by atoms with Crippen molar-refractivity contribution in [3.05, 3.63) is 35.9 Å². The van der Waals surface area contributed by atoms with Crippen molar-refractivity contribution in [2.24, 2.45) is 11.7 Å². The van der Waals surface area contributed by atoms with Gasteiger partial charge in [-0.3, -0.25) is 9.69 Å². The van der Waals surface area contributed by atoms with Crippen LogP contribution in [0.2, 0.25) is 0 Å². The van der Waals surface area contributed by atoms with Gasteiger partial charge in [0.2, 0.25) is 5.91 Å². The van der Waals surface area contributed by atoms with Crippen molar-refractivity contribution >= 4 is 5.91 Å². The lowest BCUT2D eigenvalue weighted by atomic mass is 9.89. The second-order valence-corrected chi connectivity index (χ2v) is 7.01. The third kappa shape index (κ3) is 4.33. The molecule has 1 aromatic carbocycles. The summed E-state index contributed by atoms with van der Waals surface area (Å²) in [7, 11) is 0. The quantitative estimate of drug-likeness (QED) is 0.923. The molecule has 0 aliphatic carbocycles. The van der Waals surface area contributed by atoms with E-state index in [1.165, 1.54) is 44.3 Å². The van der Waals surface area contributed by atoms with Gasteiger partial charge in [-0.1, -0.05) is 30.3 Å². The minimum absolute atomic E-state index is 0.105. The van der Waals surface area contributed by atoms with Crippen LogP contribution in [0.1, 0.15) is 31.2 Å². The van der Waals surface area contributed by atoms with E-state index < -0.39 is 0 Å². The molecule has 1 atom stereocenters. The molecule has 2 aliphatic rings. The minimum atomic E-state index is 0.105. The van der Waals surface area contributed by atoms with E-state index in [0.29, 0.717) is 6.04 Å². The first-order chi connectivity index (χ1) is 11.3. The fourth-order valence-corrected chi connectivity index (χ4v) is 4.08. The molecule has 1 unspecified atom stereocenters. The van der Waals surface area contributed by atoms with Crippen molar-refractivity contribution in [2.75, 3.05) is 32.7 Å². The Balaban J connectivity index is 1.48. The summed E-state index contributed by atoms with van der Waals surface area (Å²) < 4.78 is 0. The van der Waals surface area contributed by atoms with E-state index in [9.17, 15) is 4.79 Å². The number of piperidine rings is 2. The molecule has 0 saturated carbocycles. The first-order valence-electron chi connectivity index (χ1n) is 9.02. The highest BCUT2D eigenvalue weighted by atomic mass is 16.2. The zero-order valence-electron chi connectivity index (χ0n) is 14.0. The van der Waals surface area contributed by atoms with Crippen LogP contribution < -0.4 is 5.73 Å². The molecule has 23 heavy (non-hydrogen) atoms. The van der Waals surface area contributed by atoms with Crippen LogP contribution in [0.15, 0.2) is 30.3 Å². The number of carbonyl (C=O) groups is 1. The first kappa shape index (κ1) is 16.5. The summed E-state index contributed by atoms with van der Waals surface area (Å²) in [5.41, 5.74) is 6.97. The highest BCUT2D eigenvalue weighted by Crippen LogP contribution is 2.25. The van der Waals surface area contributed by atoms with Crippen molar-refractivity contribution in [3.63, 3.8) is 0 Å². The first-order valence-corrected chi connectivity index (χ1v) is 9.02. The molecule has 2 N–H and O–H groups in total. The Labute approximate surface area is 139 Å². The van der Waals surface area contributed by atoms with E-state index in [1.54, 1.807) is 0 Å². The largest absolute Gasteiger partial charge is 0.340 e. The van der Waals surface area contributed by atoms with Crippen molar-refractivity contribution in [1.29, 1.82) is 0 Å². The lowest BCUT2D eigenvalue weighted by Crippen LogP contribution is -2.52. The van der Waals surface area contributed by atoms with Crippen LogP contribution in [0.4, 0.5) is 0 Å². The molecule has 0 bridgehead atoms. The molecule has 2 heterocycles. The molecule has 3 rings (SSSR count). The van der Waals surface area contributed by atoms with Crippen molar-refractivity contribution in [2.45, 2.75) is 38.1 Å². The fourth-order valence-electron chi connectivity index (χ4n) is 4.08. The number of hydrogen-bond acceptors (Lipinski definition) is 3. The average molecular weight is 315 g/mol. The van der Waals surface area contributed by atoms with Gasteiger partial charge in [-0.2, -0.15) is 0 Å². The molecule has 4 nitrogen and oxygen atoms in total. The summed E-state index contributed by atoms with van der Waals surface area (Å²) in [4.78, 5) is 16.4. The highest BCUT2D eigenvalue weighted by molar-refractivity contribution is 5.78. The number of nitrogens with two attached hydrogens (primary N) is 1. The summed E-state index contributed by atoms with van der Waals surface area (Å²) >= 11 is 0. The van der Waals surface area contributed by atoms with Crippen LogP contribution >= 0.6 is 0 Å². The maximum atomic E-state index is 11.8. The van der Waals surface area contributed by atoms with E-state index in [0.717, 1.165) is 25.4 Å². The second kappa shape index (κ2) is 7.93. The van der Waals surface area contributed by atoms with E-state index in [2.05, 4.69) is 35.2 Å². The van der Waals surface area contributed by atoms with Gasteiger partial charge in [-0.15, -0.1) is 0 Å². The van der Waals surface area contributed by atoms with Crippen LogP contribution in [0.5, 0.6) is 0 Å². The van der Waals surface area contributed by atoms with Gasteiger partial charge in [-0.25, -0.2) is 0 Å². The standard InChI is InChI=1S/C19H29N3O/c20-14-19(23)22-10-4-7-18(15-22)21-11-8-17(9-12-21)13-16-5-2-1-3-6-16/h1-3,5-6,17-18H,4,7-15,20H2. The van der Waals surface area contributed by atoms with Gasteiger partial charge in [0.1, 0.15) is 0 Å². The molecule has 0 aromatic heterocycles. The smallest absolute Gasteiger partial charge is 0.236 e. The summed E-state index contributed by atoms with van der Waals surface area (Å²) in [5.74, 6) is 0.910. The Bertz CT molecular complexity index is 497. The monoisotopic (exact) mass is 315 g/mol. The van der Waals surface area contributed by atoms with Gasteiger partial charge in [0.25, 0.3) is 0 Å². The van der Waals surface area contributed by atoms with Crippen LogP contribution in [0.25, 0.3) is 0 Å². The van der Waals surface area contributed by atoms with Crippen LogP contribution in [-0.2, 0) is 11.2 Å². The number of rotatable bonds is 4. The molecular weight excluding hydrogens is 286 g/mol. The SMILES string of the molecule is NCC(=O)N1CCCC(N2CCC(Cc3ccccc3)CC2)C1. The Kier molecular flexibility index (Phi) is 5.68. The Hall–Kier alpha value is -1.39.